The lowest BCUT2D eigenvalue weighted by Crippen LogP contribution is -2.14. The van der Waals surface area contributed by atoms with E-state index in [0.717, 1.165) is 30.3 Å². The number of carbonyl (C=O) groups excluding carboxylic acids is 1. The number of hydrogen-bond donors (Lipinski definition) is 1. The molecule has 0 unspecified atom stereocenters. The number of carbonyl (C=O) groups is 1. The van der Waals surface area contributed by atoms with Crippen LogP contribution < -0.4 is 19.0 Å². The van der Waals surface area contributed by atoms with Gasteiger partial charge in [-0.1, -0.05) is 0 Å². The average Bonchev–Trinajstić information content (AvgIpc) is 2.92. The van der Waals surface area contributed by atoms with E-state index < -0.39 is 37.1 Å². The second-order valence-electron chi connectivity index (χ2n) is 7.59. The first-order chi connectivity index (χ1) is 18.9. The summed E-state index contributed by atoms with van der Waals surface area (Å²) in [6, 6.07) is 12.3. The minimum absolute atomic E-state index is 0.0628. The molecule has 3 aromatic carbocycles. The van der Waals surface area contributed by atoms with Crippen LogP contribution in [0.1, 0.15) is 5.56 Å². The molecular formula is C24H17IN4O10S. The van der Waals surface area contributed by atoms with Crippen LogP contribution in [0.2, 0.25) is 0 Å². The summed E-state index contributed by atoms with van der Waals surface area (Å²) in [7, 11) is -1.85. The van der Waals surface area contributed by atoms with E-state index in [-0.39, 0.29) is 42.7 Å². The number of halogens is 1. The van der Waals surface area contributed by atoms with Crippen LogP contribution in [0.4, 0.5) is 17.1 Å². The Bertz CT molecular complexity index is 1680. The summed E-state index contributed by atoms with van der Waals surface area (Å²) < 4.78 is 41.2. The molecule has 3 aromatic rings. The number of rotatable bonds is 10. The number of hydrogen-bond acceptors (Lipinski definition) is 11. The molecule has 0 heterocycles. The molecule has 0 saturated carbocycles. The maximum absolute atomic E-state index is 12.8. The summed E-state index contributed by atoms with van der Waals surface area (Å²) in [6.07, 6.45) is 1.17. The van der Waals surface area contributed by atoms with Crippen molar-refractivity contribution >= 4 is 61.8 Å². The van der Waals surface area contributed by atoms with E-state index in [1.807, 2.05) is 0 Å². The van der Waals surface area contributed by atoms with Crippen LogP contribution in [0, 0.1) is 35.1 Å². The molecular weight excluding hydrogens is 663 g/mol. The van der Waals surface area contributed by atoms with E-state index in [9.17, 15) is 38.7 Å². The SMILES string of the molecule is COc1ccc(NC(=O)/C(C#N)=C/c2cc(I)c(OS(=O)(=O)c3ccc([N+](=O)[O-])cc3)c(OC)c2)c([N+](=O)[O-])c1. The molecule has 0 aliphatic heterocycles. The van der Waals surface area contributed by atoms with Gasteiger partial charge in [-0.2, -0.15) is 13.7 Å². The van der Waals surface area contributed by atoms with Gasteiger partial charge in [0.1, 0.15) is 28.0 Å². The summed E-state index contributed by atoms with van der Waals surface area (Å²) in [5, 5.41) is 34.1. The summed E-state index contributed by atoms with van der Waals surface area (Å²) >= 11 is 1.76. The number of nitrogens with zero attached hydrogens (tertiary/aromatic N) is 3. The average molecular weight is 680 g/mol. The number of amides is 1. The van der Waals surface area contributed by atoms with Gasteiger partial charge in [0.15, 0.2) is 11.5 Å². The van der Waals surface area contributed by atoms with Crippen molar-refractivity contribution in [3.63, 3.8) is 0 Å². The Balaban J connectivity index is 1.92. The lowest BCUT2D eigenvalue weighted by molar-refractivity contribution is -0.384. The van der Waals surface area contributed by atoms with Gasteiger partial charge in [-0.15, -0.1) is 0 Å². The first-order valence-electron chi connectivity index (χ1n) is 10.7. The van der Waals surface area contributed by atoms with E-state index in [0.29, 0.717) is 0 Å². The summed E-state index contributed by atoms with van der Waals surface area (Å²) in [6.45, 7) is 0. The van der Waals surface area contributed by atoms with Gasteiger partial charge < -0.3 is 19.0 Å². The molecule has 206 valence electrons. The van der Waals surface area contributed by atoms with Gasteiger partial charge in [0, 0.05) is 12.1 Å². The normalized spacial score (nSPS) is 11.2. The lowest BCUT2D eigenvalue weighted by Gasteiger charge is -2.13. The van der Waals surface area contributed by atoms with Gasteiger partial charge in [-0.25, -0.2) is 0 Å². The summed E-state index contributed by atoms with van der Waals surface area (Å²) in [4.78, 5) is 33.3. The predicted molar refractivity (Wildman–Crippen MR) is 148 cm³/mol. The summed E-state index contributed by atoms with van der Waals surface area (Å²) in [5.41, 5.74) is -1.09. The molecule has 0 aliphatic carbocycles. The highest BCUT2D eigenvalue weighted by atomic mass is 127. The van der Waals surface area contributed by atoms with Crippen molar-refractivity contribution in [3.8, 4) is 23.3 Å². The predicted octanol–water partition coefficient (Wildman–Crippen LogP) is 4.44. The zero-order valence-corrected chi connectivity index (χ0v) is 23.5. The van der Waals surface area contributed by atoms with E-state index in [1.54, 1.807) is 28.7 Å². The van der Waals surface area contributed by atoms with Crippen LogP contribution >= 0.6 is 22.6 Å². The lowest BCUT2D eigenvalue weighted by atomic mass is 10.1. The Kier molecular flexibility index (Phi) is 9.23. The molecule has 16 heteroatoms. The van der Waals surface area contributed by atoms with Crippen LogP contribution in [0.25, 0.3) is 6.08 Å². The van der Waals surface area contributed by atoms with Gasteiger partial charge in [-0.05, 0) is 70.6 Å². The van der Waals surface area contributed by atoms with Crippen LogP contribution in [0.3, 0.4) is 0 Å². The van der Waals surface area contributed by atoms with E-state index in [4.69, 9.17) is 13.7 Å². The zero-order chi connectivity index (χ0) is 29.6. The van der Waals surface area contributed by atoms with Gasteiger partial charge in [0.05, 0.1) is 33.7 Å². The number of benzene rings is 3. The molecule has 0 bridgehead atoms. The van der Waals surface area contributed by atoms with Crippen molar-refractivity contribution in [2.24, 2.45) is 0 Å². The Labute approximate surface area is 240 Å². The Hall–Kier alpha value is -4.76. The fourth-order valence-electron chi connectivity index (χ4n) is 3.20. The van der Waals surface area contributed by atoms with E-state index in [2.05, 4.69) is 5.32 Å². The Morgan fingerprint density at radius 3 is 2.25 bits per heavy atom. The van der Waals surface area contributed by atoms with Crippen LogP contribution in [0.15, 0.2) is 65.1 Å². The number of nitriles is 1. The molecule has 0 aromatic heterocycles. The number of non-ortho nitro benzene ring substituents is 1. The molecule has 14 nitrogen and oxygen atoms in total. The summed E-state index contributed by atoms with van der Waals surface area (Å²) in [5.74, 6) is -1.01. The second kappa shape index (κ2) is 12.4. The van der Waals surface area contributed by atoms with Crippen LogP contribution in [-0.4, -0.2) is 38.4 Å². The van der Waals surface area contributed by atoms with Crippen molar-refractivity contribution in [2.75, 3.05) is 19.5 Å². The molecule has 0 saturated heterocycles. The minimum atomic E-state index is -4.42. The molecule has 3 rings (SSSR count). The van der Waals surface area contributed by atoms with Crippen molar-refractivity contribution in [1.29, 1.82) is 5.26 Å². The van der Waals surface area contributed by atoms with Crippen molar-refractivity contribution in [2.45, 2.75) is 4.90 Å². The molecule has 40 heavy (non-hydrogen) atoms. The molecule has 1 N–H and O–H groups in total. The van der Waals surface area contributed by atoms with Crippen molar-refractivity contribution in [1.82, 2.24) is 0 Å². The smallest absolute Gasteiger partial charge is 0.339 e. The van der Waals surface area contributed by atoms with Gasteiger partial charge >= 0.3 is 10.1 Å². The van der Waals surface area contributed by atoms with Gasteiger partial charge in [-0.3, -0.25) is 25.0 Å². The topological polar surface area (TPSA) is 201 Å². The van der Waals surface area contributed by atoms with Crippen molar-refractivity contribution in [3.05, 3.63) is 89.5 Å². The quantitative estimate of drug-likeness (QED) is 0.0793. The van der Waals surface area contributed by atoms with Crippen LogP contribution in [-0.2, 0) is 14.9 Å². The Morgan fingerprint density at radius 2 is 1.70 bits per heavy atom. The zero-order valence-electron chi connectivity index (χ0n) is 20.5. The van der Waals surface area contributed by atoms with E-state index in [1.165, 1.54) is 44.6 Å². The molecule has 1 amide bonds. The molecule has 0 atom stereocenters. The monoisotopic (exact) mass is 680 g/mol. The third-order valence-electron chi connectivity index (χ3n) is 5.11. The number of ether oxygens (including phenoxy) is 2. The number of methoxy groups -OCH3 is 2. The molecule has 0 radical (unpaired) electrons. The van der Waals surface area contributed by atoms with Gasteiger partial charge in [0.2, 0.25) is 0 Å². The van der Waals surface area contributed by atoms with Crippen molar-refractivity contribution < 1.29 is 36.7 Å². The first kappa shape index (κ1) is 29.8. The first-order valence-corrected chi connectivity index (χ1v) is 13.2. The third kappa shape index (κ3) is 6.81. The maximum Gasteiger partial charge on any atom is 0.339 e. The second-order valence-corrected chi connectivity index (χ2v) is 10.3. The standard InChI is InChI=1S/C24H17IN4O10S/c1-37-17-5-8-20(21(12-17)29(33)34)27-24(30)15(13-26)9-14-10-19(25)23(22(11-14)38-2)39-40(35,36)18-6-3-16(4-7-18)28(31)32/h3-12H,1-2H3,(H,27,30)/b15-9+. The highest BCUT2D eigenvalue weighted by Gasteiger charge is 2.24. The highest BCUT2D eigenvalue weighted by molar-refractivity contribution is 14.1. The largest absolute Gasteiger partial charge is 0.496 e. The number of nitro groups is 2. The Morgan fingerprint density at radius 1 is 1.02 bits per heavy atom. The number of anilines is 1. The molecule has 0 spiro atoms. The fourth-order valence-corrected chi connectivity index (χ4v) is 5.04. The number of nitro benzene ring substituents is 2. The fraction of sp³-hybridized carbons (Fsp3) is 0.0833. The third-order valence-corrected chi connectivity index (χ3v) is 7.14. The van der Waals surface area contributed by atoms with E-state index >= 15 is 0 Å². The maximum atomic E-state index is 12.8. The van der Waals surface area contributed by atoms with Gasteiger partial charge in [0.25, 0.3) is 17.3 Å². The van der Waals surface area contributed by atoms with Crippen LogP contribution in [0.5, 0.6) is 17.2 Å². The number of nitrogens with one attached hydrogen (secondary N) is 1. The minimum Gasteiger partial charge on any atom is -0.496 e. The molecule has 0 aliphatic rings. The molecule has 0 fully saturated rings. The highest BCUT2D eigenvalue weighted by Crippen LogP contribution is 2.37.